The zero-order valence-electron chi connectivity index (χ0n) is 15.7. The summed E-state index contributed by atoms with van der Waals surface area (Å²) in [5, 5.41) is 5.18. The molecule has 0 saturated carbocycles. The quantitative estimate of drug-likeness (QED) is 0.751. The molecule has 7 nitrogen and oxygen atoms in total. The highest BCUT2D eigenvalue weighted by molar-refractivity contribution is 6.35. The molecule has 1 aliphatic rings. The van der Waals surface area contributed by atoms with Gasteiger partial charge in [0, 0.05) is 12.1 Å². The molecular formula is C21H21N3O4. The molecule has 2 aromatic rings. The van der Waals surface area contributed by atoms with Gasteiger partial charge >= 0.3 is 0 Å². The van der Waals surface area contributed by atoms with Gasteiger partial charge in [-0.1, -0.05) is 25.1 Å². The normalized spacial score (nSPS) is 12.7. The number of carbonyl (C=O) groups excluding carboxylic acids is 4. The molecule has 2 aromatic carbocycles. The second kappa shape index (κ2) is 8.04. The number of aryl methyl sites for hydroxylation is 1. The Morgan fingerprint density at radius 1 is 0.964 bits per heavy atom. The van der Waals surface area contributed by atoms with E-state index in [4.69, 9.17) is 0 Å². The fraction of sp³-hybridized carbons (Fsp3) is 0.238. The first-order chi connectivity index (χ1) is 13.4. The number of amides is 4. The molecular weight excluding hydrogens is 358 g/mol. The summed E-state index contributed by atoms with van der Waals surface area (Å²) in [4.78, 5) is 50.6. The third kappa shape index (κ3) is 3.64. The highest BCUT2D eigenvalue weighted by atomic mass is 16.2. The Morgan fingerprint density at radius 3 is 2.39 bits per heavy atom. The Morgan fingerprint density at radius 2 is 1.68 bits per heavy atom. The van der Waals surface area contributed by atoms with E-state index in [0.717, 1.165) is 16.9 Å². The molecule has 0 atom stereocenters. The largest absolute Gasteiger partial charge is 0.355 e. The summed E-state index contributed by atoms with van der Waals surface area (Å²) < 4.78 is 0. The maximum atomic E-state index is 12.8. The van der Waals surface area contributed by atoms with Crippen LogP contribution >= 0.6 is 0 Å². The molecule has 0 fully saturated rings. The van der Waals surface area contributed by atoms with Gasteiger partial charge in [0.15, 0.2) is 0 Å². The van der Waals surface area contributed by atoms with E-state index in [1.54, 1.807) is 12.1 Å². The van der Waals surface area contributed by atoms with Crippen molar-refractivity contribution in [3.63, 3.8) is 0 Å². The van der Waals surface area contributed by atoms with Crippen LogP contribution in [0.5, 0.6) is 0 Å². The van der Waals surface area contributed by atoms with Crippen LogP contribution in [0.4, 0.5) is 5.69 Å². The summed E-state index contributed by atoms with van der Waals surface area (Å²) in [6.07, 6.45) is 0.804. The second-order valence-corrected chi connectivity index (χ2v) is 6.53. The van der Waals surface area contributed by atoms with Gasteiger partial charge < -0.3 is 10.6 Å². The van der Waals surface area contributed by atoms with Gasteiger partial charge in [0.2, 0.25) is 5.91 Å². The van der Waals surface area contributed by atoms with Gasteiger partial charge in [0.05, 0.1) is 23.4 Å². The van der Waals surface area contributed by atoms with E-state index in [-0.39, 0.29) is 29.1 Å². The lowest BCUT2D eigenvalue weighted by Gasteiger charge is -2.16. The molecule has 1 aliphatic heterocycles. The maximum absolute atomic E-state index is 12.8. The molecule has 7 heteroatoms. The van der Waals surface area contributed by atoms with Crippen LogP contribution in [0.2, 0.25) is 0 Å². The second-order valence-electron chi connectivity index (χ2n) is 6.53. The third-order valence-electron chi connectivity index (χ3n) is 4.49. The Bertz CT molecular complexity index is 968. The Labute approximate surface area is 162 Å². The van der Waals surface area contributed by atoms with Crippen LogP contribution in [0.1, 0.15) is 50.0 Å². The molecule has 0 spiro atoms. The SMILES string of the molecule is CCCNC(=O)CNC(=O)c1ccc2c(c1)C(=O)N(c1ccccc1C)C2=O. The third-order valence-corrected chi connectivity index (χ3v) is 4.49. The van der Waals surface area contributed by atoms with Crippen molar-refractivity contribution in [1.82, 2.24) is 10.6 Å². The fourth-order valence-corrected chi connectivity index (χ4v) is 3.00. The number of nitrogens with zero attached hydrogens (tertiary/aromatic N) is 1. The van der Waals surface area contributed by atoms with Gasteiger partial charge in [-0.2, -0.15) is 0 Å². The van der Waals surface area contributed by atoms with Crippen LogP contribution in [0.15, 0.2) is 42.5 Å². The molecule has 4 amide bonds. The minimum absolute atomic E-state index is 0.155. The van der Waals surface area contributed by atoms with E-state index in [9.17, 15) is 19.2 Å². The first-order valence-electron chi connectivity index (χ1n) is 9.07. The number of benzene rings is 2. The highest BCUT2D eigenvalue weighted by Crippen LogP contribution is 2.30. The van der Waals surface area contributed by atoms with E-state index < -0.39 is 17.7 Å². The minimum atomic E-state index is -0.482. The van der Waals surface area contributed by atoms with Gasteiger partial charge in [-0.15, -0.1) is 0 Å². The summed E-state index contributed by atoms with van der Waals surface area (Å²) >= 11 is 0. The Hall–Kier alpha value is -3.48. The minimum Gasteiger partial charge on any atom is -0.355 e. The lowest BCUT2D eigenvalue weighted by atomic mass is 10.1. The number of hydrogen-bond donors (Lipinski definition) is 2. The molecule has 28 heavy (non-hydrogen) atoms. The van der Waals surface area contributed by atoms with Crippen molar-refractivity contribution < 1.29 is 19.2 Å². The molecule has 0 radical (unpaired) electrons. The average molecular weight is 379 g/mol. The van der Waals surface area contributed by atoms with Crippen LogP contribution in [0.3, 0.4) is 0 Å². The molecule has 0 unspecified atom stereocenters. The van der Waals surface area contributed by atoms with E-state index in [2.05, 4.69) is 10.6 Å². The number of hydrogen-bond acceptors (Lipinski definition) is 4. The maximum Gasteiger partial charge on any atom is 0.266 e. The molecule has 0 bridgehead atoms. The topological polar surface area (TPSA) is 95.6 Å². The van der Waals surface area contributed by atoms with Crippen molar-refractivity contribution in [2.45, 2.75) is 20.3 Å². The smallest absolute Gasteiger partial charge is 0.266 e. The van der Waals surface area contributed by atoms with Gasteiger partial charge in [0.1, 0.15) is 0 Å². The van der Waals surface area contributed by atoms with Crippen LogP contribution in [-0.2, 0) is 4.79 Å². The van der Waals surface area contributed by atoms with Gasteiger partial charge in [-0.3, -0.25) is 19.2 Å². The number of fused-ring (bicyclic) bond motifs is 1. The highest BCUT2D eigenvalue weighted by Gasteiger charge is 2.37. The lowest BCUT2D eigenvalue weighted by molar-refractivity contribution is -0.120. The summed E-state index contributed by atoms with van der Waals surface area (Å²) in [7, 11) is 0. The number of carbonyl (C=O) groups is 4. The molecule has 2 N–H and O–H groups in total. The monoisotopic (exact) mass is 379 g/mol. The standard InChI is InChI=1S/C21H21N3O4/c1-3-10-22-18(25)12-23-19(26)14-8-9-15-16(11-14)21(28)24(20(15)27)17-7-5-4-6-13(17)2/h4-9,11H,3,10,12H2,1-2H3,(H,22,25)(H,23,26). The summed E-state index contributed by atoms with van der Waals surface area (Å²) in [5.74, 6) is -1.65. The predicted octanol–water partition coefficient (Wildman–Crippen LogP) is 2.05. The van der Waals surface area contributed by atoms with Crippen molar-refractivity contribution in [2.24, 2.45) is 0 Å². The zero-order chi connectivity index (χ0) is 20.3. The van der Waals surface area contributed by atoms with Crippen LogP contribution < -0.4 is 15.5 Å². The van der Waals surface area contributed by atoms with Crippen molar-refractivity contribution in [3.05, 3.63) is 64.7 Å². The predicted molar refractivity (Wildman–Crippen MR) is 104 cm³/mol. The van der Waals surface area contributed by atoms with E-state index in [1.807, 2.05) is 26.0 Å². The van der Waals surface area contributed by atoms with Gasteiger partial charge in [0.25, 0.3) is 17.7 Å². The van der Waals surface area contributed by atoms with E-state index >= 15 is 0 Å². The zero-order valence-corrected chi connectivity index (χ0v) is 15.7. The first kappa shape index (κ1) is 19.3. The summed E-state index contributed by atoms with van der Waals surface area (Å²) in [6.45, 7) is 4.14. The van der Waals surface area contributed by atoms with E-state index in [1.165, 1.54) is 18.2 Å². The molecule has 0 aliphatic carbocycles. The molecule has 3 rings (SSSR count). The number of rotatable bonds is 6. The number of imide groups is 1. The average Bonchev–Trinajstić information content (AvgIpc) is 2.95. The summed E-state index contributed by atoms with van der Waals surface area (Å²) in [5.41, 5.74) is 1.97. The fourth-order valence-electron chi connectivity index (χ4n) is 3.00. The van der Waals surface area contributed by atoms with Crippen molar-refractivity contribution in [2.75, 3.05) is 18.0 Å². The van der Waals surface area contributed by atoms with Gasteiger partial charge in [-0.05, 0) is 43.2 Å². The van der Waals surface area contributed by atoms with Crippen molar-refractivity contribution >= 4 is 29.3 Å². The van der Waals surface area contributed by atoms with Crippen LogP contribution in [0.25, 0.3) is 0 Å². The first-order valence-corrected chi connectivity index (χ1v) is 9.07. The Balaban J connectivity index is 1.79. The van der Waals surface area contributed by atoms with Crippen molar-refractivity contribution in [1.29, 1.82) is 0 Å². The number of nitrogens with one attached hydrogen (secondary N) is 2. The van der Waals surface area contributed by atoms with Crippen molar-refractivity contribution in [3.8, 4) is 0 Å². The lowest BCUT2D eigenvalue weighted by Crippen LogP contribution is -2.37. The summed E-state index contributed by atoms with van der Waals surface area (Å²) in [6, 6.07) is 11.5. The van der Waals surface area contributed by atoms with Crippen LogP contribution in [-0.4, -0.2) is 36.7 Å². The molecule has 1 heterocycles. The van der Waals surface area contributed by atoms with Crippen LogP contribution in [0, 0.1) is 6.92 Å². The number of para-hydroxylation sites is 1. The molecule has 0 aromatic heterocycles. The van der Waals surface area contributed by atoms with E-state index in [0.29, 0.717) is 12.2 Å². The molecule has 144 valence electrons. The molecule has 0 saturated heterocycles. The van der Waals surface area contributed by atoms with Gasteiger partial charge in [-0.25, -0.2) is 4.90 Å². The Kier molecular flexibility index (Phi) is 5.54. The number of anilines is 1.